The quantitative estimate of drug-likeness (QED) is 0.0330. The van der Waals surface area contributed by atoms with Crippen molar-refractivity contribution in [1.82, 2.24) is 5.32 Å². The van der Waals surface area contributed by atoms with Gasteiger partial charge in [-0.1, -0.05) is 72.8 Å². The summed E-state index contributed by atoms with van der Waals surface area (Å²) in [6, 6.07) is 22.7. The van der Waals surface area contributed by atoms with Crippen LogP contribution in [0, 0.1) is 0 Å². The number of guanidine groups is 1. The Bertz CT molecular complexity index is 1470. The molecule has 3 aromatic carbocycles. The monoisotopic (exact) mass is 614 g/mol. The molecular formula is C28H31N4O10P. The maximum atomic E-state index is 13.2. The van der Waals surface area contributed by atoms with Crippen LogP contribution in [0.3, 0.4) is 0 Å². The molecule has 14 nitrogen and oxygen atoms in total. The standard InChI is InChI=1S/C28H31N4O10P/c1-18(41-43(38,42-37)17-23(25(33)34)21-13-8-14-22(15-21)32-27(29)30)31-28(36)40-24(20-11-6-3-7-12-20)26(35)39-16-19-9-4-2-5-10-19/h2-15,18,23-24,37H,16-17H2,1H3,(H,31,36)(H,33,34)(H4,29,30,32). The number of rotatable bonds is 14. The average Bonchev–Trinajstić information content (AvgIpc) is 2.98. The van der Waals surface area contributed by atoms with Gasteiger partial charge < -0.3 is 26.0 Å². The van der Waals surface area contributed by atoms with Crippen LogP contribution >= 0.6 is 7.60 Å². The van der Waals surface area contributed by atoms with Gasteiger partial charge in [0.05, 0.1) is 17.8 Å². The summed E-state index contributed by atoms with van der Waals surface area (Å²) < 4.78 is 33.2. The summed E-state index contributed by atoms with van der Waals surface area (Å²) in [5, 5.41) is 21.4. The molecule has 15 heteroatoms. The first-order valence-electron chi connectivity index (χ1n) is 12.8. The number of carboxylic acids is 1. The van der Waals surface area contributed by atoms with Crippen LogP contribution in [-0.2, 0) is 39.4 Å². The molecule has 0 bridgehead atoms. The molecule has 3 aromatic rings. The van der Waals surface area contributed by atoms with Gasteiger partial charge in [0.2, 0.25) is 6.10 Å². The minimum atomic E-state index is -4.56. The number of carbonyl (C=O) groups excluding carboxylic acids is 2. The zero-order chi connectivity index (χ0) is 31.4. The lowest BCUT2D eigenvalue weighted by Crippen LogP contribution is -2.37. The van der Waals surface area contributed by atoms with Gasteiger partial charge >= 0.3 is 25.6 Å². The maximum absolute atomic E-state index is 13.2. The van der Waals surface area contributed by atoms with Crippen molar-refractivity contribution in [3.8, 4) is 0 Å². The maximum Gasteiger partial charge on any atom is 0.410 e. The summed E-state index contributed by atoms with van der Waals surface area (Å²) in [5.74, 6) is -4.02. The fourth-order valence-electron chi connectivity index (χ4n) is 3.86. The molecule has 0 aliphatic carbocycles. The summed E-state index contributed by atoms with van der Waals surface area (Å²) >= 11 is 0. The number of hydrogen-bond acceptors (Lipinski definition) is 10. The number of esters is 1. The minimum absolute atomic E-state index is 0.0653. The number of amides is 1. The van der Waals surface area contributed by atoms with E-state index in [4.69, 9.17) is 25.5 Å². The Kier molecular flexibility index (Phi) is 11.8. The molecule has 228 valence electrons. The van der Waals surface area contributed by atoms with E-state index in [1.54, 1.807) is 54.6 Å². The van der Waals surface area contributed by atoms with Gasteiger partial charge in [0.25, 0.3) is 0 Å². The van der Waals surface area contributed by atoms with E-state index in [1.165, 1.54) is 31.2 Å². The third kappa shape index (κ3) is 10.2. The highest BCUT2D eigenvalue weighted by Crippen LogP contribution is 2.51. The minimum Gasteiger partial charge on any atom is -0.481 e. The lowest BCUT2D eigenvalue weighted by atomic mass is 10.0. The summed E-state index contributed by atoms with van der Waals surface area (Å²) in [4.78, 5) is 41.5. The number of aliphatic carboxylic acids is 1. The molecule has 0 aliphatic rings. The number of aliphatic imine (C=N–C) groups is 1. The van der Waals surface area contributed by atoms with Crippen molar-refractivity contribution >= 4 is 37.3 Å². The Morgan fingerprint density at radius 3 is 2.19 bits per heavy atom. The summed E-state index contributed by atoms with van der Waals surface area (Å²) in [5.41, 5.74) is 12.1. The summed E-state index contributed by atoms with van der Waals surface area (Å²) in [7, 11) is -4.56. The van der Waals surface area contributed by atoms with Crippen molar-refractivity contribution in [2.45, 2.75) is 31.8 Å². The SMILES string of the molecule is CC(NC(=O)OC(C(=O)OCc1ccccc1)c1ccccc1)OP(=O)(CC(C(=O)O)c1cccc(N=C(N)N)c1)OO. The number of nitrogens with zero attached hydrogens (tertiary/aromatic N) is 1. The first-order valence-corrected chi connectivity index (χ1v) is 14.5. The third-order valence-corrected chi connectivity index (χ3v) is 7.46. The van der Waals surface area contributed by atoms with E-state index in [1.807, 2.05) is 6.07 Å². The lowest BCUT2D eigenvalue weighted by Gasteiger charge is -2.24. The van der Waals surface area contributed by atoms with Crippen molar-refractivity contribution in [1.29, 1.82) is 0 Å². The first kappa shape index (κ1) is 32.8. The molecule has 1 amide bonds. The van der Waals surface area contributed by atoms with E-state index in [0.717, 1.165) is 5.56 Å². The van der Waals surface area contributed by atoms with Crippen LogP contribution in [-0.4, -0.2) is 46.7 Å². The van der Waals surface area contributed by atoms with Gasteiger partial charge in [-0.2, -0.15) is 4.67 Å². The van der Waals surface area contributed by atoms with Gasteiger partial charge in [-0.25, -0.2) is 19.8 Å². The van der Waals surface area contributed by atoms with E-state index < -0.39 is 50.0 Å². The Balaban J connectivity index is 1.68. The molecule has 0 aromatic heterocycles. The van der Waals surface area contributed by atoms with E-state index in [2.05, 4.69) is 15.0 Å². The van der Waals surface area contributed by atoms with E-state index >= 15 is 0 Å². The second-order valence-electron chi connectivity index (χ2n) is 9.08. The predicted molar refractivity (Wildman–Crippen MR) is 154 cm³/mol. The molecule has 0 radical (unpaired) electrons. The molecule has 0 fully saturated rings. The zero-order valence-corrected chi connectivity index (χ0v) is 23.8. The van der Waals surface area contributed by atoms with Crippen LogP contribution < -0.4 is 16.8 Å². The van der Waals surface area contributed by atoms with E-state index in [0.29, 0.717) is 5.56 Å². The Morgan fingerprint density at radius 1 is 0.953 bits per heavy atom. The van der Waals surface area contributed by atoms with Crippen molar-refractivity contribution < 1.29 is 48.0 Å². The van der Waals surface area contributed by atoms with Crippen molar-refractivity contribution in [3.05, 3.63) is 102 Å². The molecular weight excluding hydrogens is 583 g/mol. The second-order valence-corrected chi connectivity index (χ2v) is 11.0. The van der Waals surface area contributed by atoms with Gasteiger partial charge in [-0.05, 0) is 30.2 Å². The molecule has 0 spiro atoms. The summed E-state index contributed by atoms with van der Waals surface area (Å²) in [6.07, 6.45) is -4.90. The molecule has 43 heavy (non-hydrogen) atoms. The number of benzene rings is 3. The highest BCUT2D eigenvalue weighted by Gasteiger charge is 2.37. The second kappa shape index (κ2) is 15.5. The molecule has 0 saturated carbocycles. The van der Waals surface area contributed by atoms with Crippen LogP contribution in [0.15, 0.2) is 89.9 Å². The number of hydrogen-bond donors (Lipinski definition) is 5. The lowest BCUT2D eigenvalue weighted by molar-refractivity contribution is -0.156. The molecule has 4 unspecified atom stereocenters. The average molecular weight is 615 g/mol. The number of ether oxygens (including phenoxy) is 2. The van der Waals surface area contributed by atoms with Gasteiger partial charge in [-0.3, -0.25) is 19.2 Å². The molecule has 7 N–H and O–H groups in total. The molecule has 3 rings (SSSR count). The number of nitrogens with one attached hydrogen (secondary N) is 1. The van der Waals surface area contributed by atoms with Gasteiger partial charge in [-0.15, -0.1) is 0 Å². The Hall–Kier alpha value is -4.75. The normalized spacial score (nSPS) is 14.3. The number of carbonyl (C=O) groups is 3. The third-order valence-electron chi connectivity index (χ3n) is 5.76. The largest absolute Gasteiger partial charge is 0.481 e. The first-order chi connectivity index (χ1) is 20.5. The van der Waals surface area contributed by atoms with E-state index in [9.17, 15) is 29.3 Å². The molecule has 4 atom stereocenters. The van der Waals surface area contributed by atoms with Gasteiger partial charge in [0, 0.05) is 5.56 Å². The van der Waals surface area contributed by atoms with Gasteiger partial charge in [0.1, 0.15) is 12.8 Å². The fraction of sp³-hybridized carbons (Fsp3) is 0.214. The zero-order valence-electron chi connectivity index (χ0n) is 22.9. The smallest absolute Gasteiger partial charge is 0.410 e. The fourth-order valence-corrected chi connectivity index (χ4v) is 5.40. The van der Waals surface area contributed by atoms with Crippen LogP contribution in [0.5, 0.6) is 0 Å². The molecule has 0 aliphatic heterocycles. The van der Waals surface area contributed by atoms with Crippen LogP contribution in [0.25, 0.3) is 0 Å². The summed E-state index contributed by atoms with van der Waals surface area (Å²) in [6.45, 7) is 1.16. The topological polar surface area (TPSA) is 222 Å². The number of nitrogens with two attached hydrogens (primary N) is 2. The van der Waals surface area contributed by atoms with Gasteiger partial charge in [0.15, 0.2) is 5.96 Å². The Morgan fingerprint density at radius 2 is 1.58 bits per heavy atom. The Labute approximate surface area is 246 Å². The predicted octanol–water partition coefficient (Wildman–Crippen LogP) is 4.02. The van der Waals surface area contributed by atoms with E-state index in [-0.39, 0.29) is 23.8 Å². The van der Waals surface area contributed by atoms with Crippen LogP contribution in [0.4, 0.5) is 10.5 Å². The van der Waals surface area contributed by atoms with Crippen LogP contribution in [0.2, 0.25) is 0 Å². The van der Waals surface area contributed by atoms with Crippen molar-refractivity contribution in [2.75, 3.05) is 6.16 Å². The molecule has 0 saturated heterocycles. The van der Waals surface area contributed by atoms with Crippen molar-refractivity contribution in [2.24, 2.45) is 16.5 Å². The highest BCUT2D eigenvalue weighted by atomic mass is 31.2. The van der Waals surface area contributed by atoms with Crippen molar-refractivity contribution in [3.63, 3.8) is 0 Å². The number of carboxylic acid groups (broad SMARTS) is 1. The highest BCUT2D eigenvalue weighted by molar-refractivity contribution is 7.53. The molecule has 0 heterocycles. The van der Waals surface area contributed by atoms with Crippen LogP contribution in [0.1, 0.15) is 35.6 Å². The number of alkyl carbamates (subject to hydrolysis) is 1.